The van der Waals surface area contributed by atoms with Gasteiger partial charge in [0.2, 0.25) is 10.4 Å². The molecule has 6 amide bonds. The van der Waals surface area contributed by atoms with Gasteiger partial charge in [-0.2, -0.15) is 38.1 Å². The fraction of sp³-hybridized carbons (Fsp3) is 0.531. The number of hydrogen-bond acceptors (Lipinski definition) is 18. The summed E-state index contributed by atoms with van der Waals surface area (Å²) in [7, 11) is -1.27. The van der Waals surface area contributed by atoms with Gasteiger partial charge < -0.3 is 34.6 Å². The van der Waals surface area contributed by atoms with Crippen molar-refractivity contribution >= 4 is 56.0 Å². The van der Waals surface area contributed by atoms with E-state index < -0.39 is 57.0 Å². The first-order valence-corrected chi connectivity index (χ1v) is 21.2. The maximum atomic E-state index is 12.4. The standard InChI is InChI=1S/C11H15N5O5S.C11H15N5O2.C10H13N5O6S.Na/c1-6(12-2)9-10-7(4-13-14(10)3)8-5-15(9)11(17)16(8)21-22(18,19)20;1-6(13-18)9-10-7(4-12-15(10)3)8-5-16(9)11(17)14(8)2;1-5(12-17)8-9-6(3-11-13(9)2)7-4-14(8)10(16)15(7)21-22(18,19)20;/h4,8-9H,5H2,1-3H3,(H,18,19,20);4,8-9,18H,5H2,1-3H3;3,7-8,17H,4H2,1-2H3,(H,18,19,20);/q;;;+1/p-1/b;13-6+;12-5+;/t2*8-,9+;7-,8+;/m000./s1. The zero-order chi connectivity index (χ0) is 45.5. The SMILES string of the molecule is C/C(=N\O)[C@@H]1c2c(cnn2C)[C@@H]2CN1C(=O)N2C.C/C(=N\O)[C@@H]1c2c(cnn2C)[C@@H]2CN1C(=O)N2OS(=O)(=O)[O-].CN=C(C)[C@@H]1c2c(cnn2C)[C@@H]2CN1C(=O)N2OS(=O)(=O)O.[Na+]. The van der Waals surface area contributed by atoms with Gasteiger partial charge in [-0.05, 0) is 20.8 Å². The molecule has 6 aliphatic heterocycles. The molecule has 3 saturated heterocycles. The molecule has 0 radical (unpaired) electrons. The molecular formula is C32H42N15NaO13S2. The number of aryl methyl sites for hydroxylation is 3. The molecule has 0 spiro atoms. The fourth-order valence-electron chi connectivity index (χ4n) is 8.80. The van der Waals surface area contributed by atoms with Crippen molar-refractivity contribution in [3.05, 3.63) is 52.4 Å². The Morgan fingerprint density at radius 3 is 1.37 bits per heavy atom. The van der Waals surface area contributed by atoms with Gasteiger partial charge in [0.15, 0.2) is 0 Å². The molecule has 0 aliphatic carbocycles. The molecule has 0 saturated carbocycles. The Kier molecular flexibility index (Phi) is 12.8. The molecular weight excluding hydrogens is 890 g/mol. The Labute approximate surface area is 381 Å². The number of nitrogens with zero attached hydrogens (tertiary/aromatic N) is 15. The Balaban J connectivity index is 0.000000157. The molecule has 336 valence electrons. The number of hydrogen-bond donors (Lipinski definition) is 3. The van der Waals surface area contributed by atoms with Crippen molar-refractivity contribution in [1.82, 2.24) is 59.1 Å². The summed E-state index contributed by atoms with van der Waals surface area (Å²) in [4.78, 5) is 47.2. The molecule has 0 unspecified atom stereocenters. The van der Waals surface area contributed by atoms with Gasteiger partial charge in [-0.15, -0.1) is 4.28 Å². The number of likely N-dealkylation sites (N-methyl/N-ethyl adjacent to an activating group) is 1. The van der Waals surface area contributed by atoms with Gasteiger partial charge >= 0.3 is 58.0 Å². The van der Waals surface area contributed by atoms with Gasteiger partial charge in [-0.25, -0.2) is 22.8 Å². The largest absolute Gasteiger partial charge is 1.00 e. The Morgan fingerprint density at radius 2 is 1.00 bits per heavy atom. The number of oxime groups is 2. The molecule has 3 aromatic heterocycles. The third-order valence-corrected chi connectivity index (χ3v) is 12.3. The second-order valence-corrected chi connectivity index (χ2v) is 17.0. The van der Waals surface area contributed by atoms with Gasteiger partial charge in [0.25, 0.3) is 0 Å². The monoisotopic (exact) mass is 931 g/mol. The van der Waals surface area contributed by atoms with Crippen LogP contribution in [-0.4, -0.2) is 164 Å². The molecule has 3 N–H and O–H groups in total. The Hall–Kier alpha value is -5.21. The van der Waals surface area contributed by atoms with Crippen molar-refractivity contribution in [3.8, 4) is 0 Å². The van der Waals surface area contributed by atoms with Crippen LogP contribution in [0.2, 0.25) is 0 Å². The van der Waals surface area contributed by atoms with Crippen molar-refractivity contribution in [3.63, 3.8) is 0 Å². The summed E-state index contributed by atoms with van der Waals surface area (Å²) in [6.07, 6.45) is 4.82. The molecule has 9 rings (SSSR count). The van der Waals surface area contributed by atoms with E-state index in [0.29, 0.717) is 44.9 Å². The van der Waals surface area contributed by atoms with Crippen LogP contribution in [0.5, 0.6) is 0 Å². The molecule has 28 nitrogen and oxygen atoms in total. The average Bonchev–Trinajstić information content (AvgIpc) is 4.06. The first kappa shape index (κ1) is 47.3. The second kappa shape index (κ2) is 17.1. The number of aliphatic imine (C=N–C) groups is 1. The van der Waals surface area contributed by atoms with Crippen molar-refractivity contribution in [2.75, 3.05) is 33.7 Å². The predicted octanol–water partition coefficient (Wildman–Crippen LogP) is -2.69. The minimum Gasteiger partial charge on any atom is -0.724 e. The molecule has 9 heterocycles. The van der Waals surface area contributed by atoms with Crippen LogP contribution in [0.3, 0.4) is 0 Å². The third-order valence-electron chi connectivity index (χ3n) is 11.6. The zero-order valence-electron chi connectivity index (χ0n) is 35.3. The van der Waals surface area contributed by atoms with Crippen LogP contribution in [0.1, 0.15) is 90.8 Å². The number of carbonyl (C=O) groups excluding carboxylic acids is 3. The van der Waals surface area contributed by atoms with E-state index in [-0.39, 0.29) is 66.5 Å². The summed E-state index contributed by atoms with van der Waals surface area (Å²) in [5.41, 5.74) is 5.89. The van der Waals surface area contributed by atoms with Crippen molar-refractivity contribution in [2.45, 2.75) is 57.0 Å². The average molecular weight is 932 g/mol. The maximum Gasteiger partial charge on any atom is 1.00 e. The molecule has 3 aromatic rings. The Morgan fingerprint density at radius 1 is 0.651 bits per heavy atom. The van der Waals surface area contributed by atoms with E-state index in [1.54, 1.807) is 73.6 Å². The summed E-state index contributed by atoms with van der Waals surface area (Å²) in [5, 5.41) is 38.1. The fourth-order valence-corrected chi connectivity index (χ4v) is 9.54. The summed E-state index contributed by atoms with van der Waals surface area (Å²) < 4.78 is 76.9. The van der Waals surface area contributed by atoms with Crippen molar-refractivity contribution < 1.29 is 88.9 Å². The number of urea groups is 3. The first-order chi connectivity index (χ1) is 29.0. The number of amides is 6. The maximum absolute atomic E-state index is 12.4. The minimum absolute atomic E-state index is 0. The topological polar surface area (TPSA) is 332 Å². The van der Waals surface area contributed by atoms with Gasteiger partial charge in [0.1, 0.15) is 30.2 Å². The molecule has 63 heavy (non-hydrogen) atoms. The third kappa shape index (κ3) is 8.02. The summed E-state index contributed by atoms with van der Waals surface area (Å²) in [6.45, 7) is 5.94. The number of rotatable bonds is 7. The van der Waals surface area contributed by atoms with E-state index in [2.05, 4.69) is 39.2 Å². The number of carbonyl (C=O) groups is 3. The van der Waals surface area contributed by atoms with Crippen LogP contribution in [0, 0.1) is 0 Å². The smallest absolute Gasteiger partial charge is 0.724 e. The van der Waals surface area contributed by atoms with Crippen LogP contribution >= 0.6 is 0 Å². The van der Waals surface area contributed by atoms with E-state index in [1.807, 2.05) is 7.05 Å². The van der Waals surface area contributed by atoms with Crippen LogP contribution in [0.25, 0.3) is 0 Å². The molecule has 0 aromatic carbocycles. The van der Waals surface area contributed by atoms with Crippen LogP contribution in [-0.2, 0) is 50.5 Å². The van der Waals surface area contributed by atoms with Gasteiger partial charge in [-0.1, -0.05) is 10.3 Å². The zero-order valence-corrected chi connectivity index (χ0v) is 38.9. The first-order valence-electron chi connectivity index (χ1n) is 18.5. The van der Waals surface area contributed by atoms with Crippen LogP contribution in [0.4, 0.5) is 14.4 Å². The minimum atomic E-state index is -5.10. The number of fused-ring (bicyclic) bond motifs is 12. The molecule has 6 aliphatic rings. The second-order valence-electron chi connectivity index (χ2n) is 15.0. The molecule has 6 bridgehead atoms. The van der Waals surface area contributed by atoms with E-state index in [1.165, 1.54) is 27.6 Å². The Bertz CT molecular complexity index is 2530. The van der Waals surface area contributed by atoms with Crippen molar-refractivity contribution in [2.24, 2.45) is 36.4 Å². The summed E-state index contributed by atoms with van der Waals surface area (Å²) in [6, 6.07) is -4.37. The van der Waals surface area contributed by atoms with Gasteiger partial charge in [0, 0.05) is 64.2 Å². The van der Waals surface area contributed by atoms with Crippen LogP contribution in [0.15, 0.2) is 33.9 Å². The quantitative estimate of drug-likeness (QED) is 0.0543. The number of aromatic nitrogens is 6. The molecule has 3 fully saturated rings. The number of hydroxylamine groups is 4. The predicted molar refractivity (Wildman–Crippen MR) is 206 cm³/mol. The van der Waals surface area contributed by atoms with Gasteiger partial charge in [0.05, 0.1) is 66.2 Å². The van der Waals surface area contributed by atoms with E-state index in [4.69, 9.17) is 15.0 Å². The van der Waals surface area contributed by atoms with Gasteiger partial charge in [-0.3, -0.25) is 23.6 Å². The van der Waals surface area contributed by atoms with E-state index in [0.717, 1.165) is 17.0 Å². The van der Waals surface area contributed by atoms with E-state index in [9.17, 15) is 35.8 Å². The molecule has 31 heteroatoms. The van der Waals surface area contributed by atoms with Crippen LogP contribution < -0.4 is 29.6 Å². The normalized spacial score (nSPS) is 25.0. The summed E-state index contributed by atoms with van der Waals surface area (Å²) in [5.74, 6) is 0. The summed E-state index contributed by atoms with van der Waals surface area (Å²) >= 11 is 0. The van der Waals surface area contributed by atoms with E-state index >= 15 is 0 Å². The van der Waals surface area contributed by atoms with Crippen molar-refractivity contribution in [1.29, 1.82) is 0 Å². The molecule has 6 atom stereocenters.